The van der Waals surface area contributed by atoms with E-state index in [2.05, 4.69) is 0 Å². The molecule has 2 N–H and O–H groups in total. The molecule has 24 heavy (non-hydrogen) atoms. The lowest BCUT2D eigenvalue weighted by atomic mass is 10.3. The topological polar surface area (TPSA) is 118 Å². The third-order valence-corrected chi connectivity index (χ3v) is 7.11. The van der Waals surface area contributed by atoms with Crippen LogP contribution >= 0.6 is 0 Å². The smallest absolute Gasteiger partial charge is 0.243 e. The van der Waals surface area contributed by atoms with Gasteiger partial charge in [-0.15, -0.1) is 0 Å². The second-order valence-corrected chi connectivity index (χ2v) is 9.52. The van der Waals surface area contributed by atoms with Crippen molar-refractivity contribution in [3.8, 4) is 0 Å². The lowest BCUT2D eigenvalue weighted by molar-refractivity contribution is -0.133. The van der Waals surface area contributed by atoms with Crippen LogP contribution < -0.4 is 5.14 Å². The minimum Gasteiger partial charge on any atom is -0.340 e. The van der Waals surface area contributed by atoms with Gasteiger partial charge in [-0.2, -0.15) is 4.31 Å². The number of nitrogens with two attached hydrogens (primary N) is 1. The number of hydrogen-bond acceptors (Lipinski definition) is 5. The van der Waals surface area contributed by atoms with Crippen LogP contribution in [0, 0.1) is 5.92 Å². The fourth-order valence-corrected chi connectivity index (χ4v) is 4.63. The van der Waals surface area contributed by atoms with E-state index in [1.54, 1.807) is 4.90 Å². The summed E-state index contributed by atoms with van der Waals surface area (Å²) < 4.78 is 49.0. The number of nitrogens with zero attached hydrogens (tertiary/aromatic N) is 2. The van der Waals surface area contributed by atoms with Crippen molar-refractivity contribution < 1.29 is 21.6 Å². The Hall–Kier alpha value is -1.49. The van der Waals surface area contributed by atoms with Gasteiger partial charge in [0.15, 0.2) is 0 Å². The maximum atomic E-state index is 12.6. The summed E-state index contributed by atoms with van der Waals surface area (Å²) in [6.07, 6.45) is 1.85. The molecular weight excluding hydrogens is 354 g/mol. The Labute approximate surface area is 141 Å². The highest BCUT2D eigenvalue weighted by Gasteiger charge is 2.36. The van der Waals surface area contributed by atoms with Gasteiger partial charge < -0.3 is 4.90 Å². The Morgan fingerprint density at radius 1 is 0.917 bits per heavy atom. The van der Waals surface area contributed by atoms with E-state index < -0.39 is 20.0 Å². The number of carbonyl (C=O) groups excluding carboxylic acids is 1. The molecule has 1 saturated heterocycles. The lowest BCUT2D eigenvalue weighted by Crippen LogP contribution is -2.50. The number of carbonyl (C=O) groups is 1. The first kappa shape index (κ1) is 17.3. The first-order chi connectivity index (χ1) is 11.2. The van der Waals surface area contributed by atoms with Crippen LogP contribution in [0.4, 0.5) is 0 Å². The fourth-order valence-electron chi connectivity index (χ4n) is 2.69. The largest absolute Gasteiger partial charge is 0.340 e. The van der Waals surface area contributed by atoms with Crippen LogP contribution in [0.2, 0.25) is 0 Å². The molecule has 1 aromatic carbocycles. The Bertz CT molecular complexity index is 837. The van der Waals surface area contributed by atoms with Crippen molar-refractivity contribution >= 4 is 26.0 Å². The van der Waals surface area contributed by atoms with Crippen LogP contribution in [0.15, 0.2) is 34.1 Å². The Morgan fingerprint density at radius 3 is 1.88 bits per heavy atom. The average molecular weight is 373 g/mol. The normalized spacial score (nSPS) is 20.1. The van der Waals surface area contributed by atoms with Gasteiger partial charge in [-0.3, -0.25) is 4.79 Å². The predicted octanol–water partition coefficient (Wildman–Crippen LogP) is -0.423. The monoisotopic (exact) mass is 373 g/mol. The number of benzene rings is 1. The lowest BCUT2D eigenvalue weighted by Gasteiger charge is -2.34. The number of primary sulfonamides is 1. The van der Waals surface area contributed by atoms with E-state index in [9.17, 15) is 21.6 Å². The van der Waals surface area contributed by atoms with Gasteiger partial charge in [0.2, 0.25) is 26.0 Å². The van der Waals surface area contributed by atoms with Crippen LogP contribution in [0.5, 0.6) is 0 Å². The average Bonchev–Trinajstić information content (AvgIpc) is 3.38. The summed E-state index contributed by atoms with van der Waals surface area (Å²) in [6, 6.07) is 4.82. The molecule has 0 spiro atoms. The molecule has 1 saturated carbocycles. The third-order valence-electron chi connectivity index (χ3n) is 4.27. The molecule has 0 bridgehead atoms. The first-order valence-corrected chi connectivity index (χ1v) is 10.6. The van der Waals surface area contributed by atoms with Gasteiger partial charge in [0.1, 0.15) is 0 Å². The van der Waals surface area contributed by atoms with E-state index >= 15 is 0 Å². The molecule has 1 aromatic rings. The van der Waals surface area contributed by atoms with E-state index in [1.165, 1.54) is 28.6 Å². The summed E-state index contributed by atoms with van der Waals surface area (Å²) in [5.41, 5.74) is 0. The van der Waals surface area contributed by atoms with Crippen molar-refractivity contribution in [2.24, 2.45) is 11.1 Å². The highest BCUT2D eigenvalue weighted by molar-refractivity contribution is 7.89. The molecule has 0 aromatic heterocycles. The number of rotatable bonds is 4. The predicted molar refractivity (Wildman–Crippen MR) is 85.9 cm³/mol. The zero-order valence-electron chi connectivity index (χ0n) is 13.0. The molecular formula is C14H19N3O5S2. The van der Waals surface area contributed by atoms with Crippen LogP contribution in [-0.4, -0.2) is 58.1 Å². The van der Waals surface area contributed by atoms with Gasteiger partial charge in [-0.05, 0) is 37.1 Å². The molecule has 0 atom stereocenters. The maximum absolute atomic E-state index is 12.6. The van der Waals surface area contributed by atoms with Crippen LogP contribution in [-0.2, 0) is 24.8 Å². The molecule has 2 aliphatic rings. The fraction of sp³-hybridized carbons (Fsp3) is 0.500. The molecule has 0 unspecified atom stereocenters. The highest BCUT2D eigenvalue weighted by Crippen LogP contribution is 2.31. The Balaban J connectivity index is 1.71. The molecule has 2 fully saturated rings. The van der Waals surface area contributed by atoms with Crippen molar-refractivity contribution in [3.63, 3.8) is 0 Å². The molecule has 1 aliphatic carbocycles. The Morgan fingerprint density at radius 2 is 1.42 bits per heavy atom. The zero-order chi connectivity index (χ0) is 17.5. The standard InChI is InChI=1S/C14H19N3O5S2/c15-23(19,20)12-3-5-13(6-4-12)24(21,22)17-9-7-16(8-10-17)14(18)11-1-2-11/h3-6,11H,1-2,7-10H2,(H2,15,19,20). The summed E-state index contributed by atoms with van der Waals surface area (Å²) in [5, 5.41) is 5.01. The second kappa shape index (κ2) is 6.10. The van der Waals surface area contributed by atoms with Gasteiger partial charge in [0, 0.05) is 32.1 Å². The maximum Gasteiger partial charge on any atom is 0.243 e. The van der Waals surface area contributed by atoms with E-state index in [0.717, 1.165) is 12.8 Å². The van der Waals surface area contributed by atoms with Crippen LogP contribution in [0.1, 0.15) is 12.8 Å². The Kier molecular flexibility index (Phi) is 4.41. The van der Waals surface area contributed by atoms with Gasteiger partial charge in [0.25, 0.3) is 0 Å². The molecule has 132 valence electrons. The summed E-state index contributed by atoms with van der Waals surface area (Å²) in [6.45, 7) is 1.23. The molecule has 1 heterocycles. The second-order valence-electron chi connectivity index (χ2n) is 6.02. The van der Waals surface area contributed by atoms with Crippen molar-refractivity contribution in [1.82, 2.24) is 9.21 Å². The number of amides is 1. The first-order valence-electron chi connectivity index (χ1n) is 7.61. The molecule has 1 amide bonds. The van der Waals surface area contributed by atoms with Crippen molar-refractivity contribution in [1.29, 1.82) is 0 Å². The quantitative estimate of drug-likeness (QED) is 0.769. The minimum atomic E-state index is -3.86. The van der Waals surface area contributed by atoms with Crippen LogP contribution in [0.25, 0.3) is 0 Å². The summed E-state index contributed by atoms with van der Waals surface area (Å²) in [5.74, 6) is 0.239. The van der Waals surface area contributed by atoms with E-state index in [1.807, 2.05) is 0 Å². The highest BCUT2D eigenvalue weighted by atomic mass is 32.2. The van der Waals surface area contributed by atoms with Crippen molar-refractivity contribution in [3.05, 3.63) is 24.3 Å². The van der Waals surface area contributed by atoms with E-state index in [4.69, 9.17) is 5.14 Å². The van der Waals surface area contributed by atoms with Gasteiger partial charge in [0.05, 0.1) is 9.79 Å². The van der Waals surface area contributed by atoms with Crippen molar-refractivity contribution in [2.75, 3.05) is 26.2 Å². The summed E-state index contributed by atoms with van der Waals surface area (Å²) in [4.78, 5) is 13.6. The zero-order valence-corrected chi connectivity index (χ0v) is 14.6. The van der Waals surface area contributed by atoms with E-state index in [-0.39, 0.29) is 34.7 Å². The molecule has 3 rings (SSSR count). The van der Waals surface area contributed by atoms with Crippen LogP contribution in [0.3, 0.4) is 0 Å². The van der Waals surface area contributed by atoms with Gasteiger partial charge >= 0.3 is 0 Å². The summed E-state index contributed by atoms with van der Waals surface area (Å²) in [7, 11) is -7.58. The van der Waals surface area contributed by atoms with Gasteiger partial charge in [-0.25, -0.2) is 22.0 Å². The third kappa shape index (κ3) is 3.46. The molecule has 10 heteroatoms. The SMILES string of the molecule is NS(=O)(=O)c1ccc(S(=O)(=O)N2CCN(C(=O)C3CC3)CC2)cc1. The van der Waals surface area contributed by atoms with Gasteiger partial charge in [-0.1, -0.05) is 0 Å². The molecule has 8 nitrogen and oxygen atoms in total. The molecule has 1 aliphatic heterocycles. The van der Waals surface area contributed by atoms with E-state index in [0.29, 0.717) is 13.1 Å². The minimum absolute atomic E-state index is 0.0110. The van der Waals surface area contributed by atoms with Crippen molar-refractivity contribution in [2.45, 2.75) is 22.6 Å². The molecule has 0 radical (unpaired) electrons. The number of hydrogen-bond donors (Lipinski definition) is 1. The number of piperazine rings is 1. The number of sulfonamides is 2. The summed E-state index contributed by atoms with van der Waals surface area (Å²) >= 11 is 0.